The minimum atomic E-state index is -4.91. The number of hydrogen-bond acceptors (Lipinski definition) is 3. The summed E-state index contributed by atoms with van der Waals surface area (Å²) < 4.78 is 80.6. The molecule has 2 N–H and O–H groups in total. The van der Waals surface area contributed by atoms with Crippen LogP contribution in [0.15, 0.2) is 47.4 Å². The molecule has 3 aromatic rings. The van der Waals surface area contributed by atoms with Crippen LogP contribution >= 0.6 is 0 Å². The summed E-state index contributed by atoms with van der Waals surface area (Å²) in [5, 5.41) is 9.16. The summed E-state index contributed by atoms with van der Waals surface area (Å²) in [4.78, 5) is -0.415. The largest absolute Gasteiger partial charge is 0.434 e. The number of sulfonamides is 1. The predicted octanol–water partition coefficient (Wildman–Crippen LogP) is 4.16. The van der Waals surface area contributed by atoms with Crippen molar-refractivity contribution in [1.82, 2.24) is 9.78 Å². The molecule has 3 rings (SSSR count). The van der Waals surface area contributed by atoms with Crippen LogP contribution < -0.4 is 5.14 Å². The Balaban J connectivity index is 2.51. The normalized spacial score (nSPS) is 11.8. The van der Waals surface area contributed by atoms with Crippen molar-refractivity contribution in [2.75, 3.05) is 0 Å². The first-order valence-corrected chi connectivity index (χ1v) is 10.0. The third-order valence-corrected chi connectivity index (χ3v) is 5.25. The summed E-state index contributed by atoms with van der Waals surface area (Å²) in [5.41, 5.74) is -2.14. The molecule has 0 bridgehead atoms. The standard InChI is InChI=1S/C20H15F4N3O2S/c1-3-10-27-19(20(22,23)24)17(13-9-8-12(2)15(21)11-13)18(26-27)14-6-4-5-7-16(14)30(25,28)29/h4-9,11H,1-2H3,(H2,25,28,29). The second kappa shape index (κ2) is 7.59. The minimum Gasteiger partial charge on any atom is -0.225 e. The first-order chi connectivity index (χ1) is 13.9. The summed E-state index contributed by atoms with van der Waals surface area (Å²) in [5.74, 6) is 1.62. The third kappa shape index (κ3) is 3.94. The summed E-state index contributed by atoms with van der Waals surface area (Å²) in [6.45, 7) is 2.79. The fourth-order valence-corrected chi connectivity index (χ4v) is 3.73. The van der Waals surface area contributed by atoms with E-state index in [0.29, 0.717) is 4.68 Å². The lowest BCUT2D eigenvalue weighted by Gasteiger charge is -2.12. The molecule has 0 spiro atoms. The van der Waals surface area contributed by atoms with Gasteiger partial charge < -0.3 is 0 Å². The van der Waals surface area contributed by atoms with Crippen LogP contribution in [0.5, 0.6) is 0 Å². The van der Waals surface area contributed by atoms with Crippen LogP contribution in [0.2, 0.25) is 0 Å². The molecule has 0 unspecified atom stereocenters. The number of rotatable bonds is 3. The Bertz CT molecular complexity index is 1300. The van der Waals surface area contributed by atoms with Crippen molar-refractivity contribution in [3.05, 3.63) is 59.5 Å². The lowest BCUT2D eigenvalue weighted by atomic mass is 9.97. The average Bonchev–Trinajstić information content (AvgIpc) is 3.03. The molecule has 0 fully saturated rings. The number of hydrogen-bond donors (Lipinski definition) is 1. The molecule has 1 heterocycles. The van der Waals surface area contributed by atoms with Gasteiger partial charge in [0.1, 0.15) is 11.5 Å². The molecule has 0 aliphatic rings. The van der Waals surface area contributed by atoms with Crippen molar-refractivity contribution >= 4 is 10.0 Å². The van der Waals surface area contributed by atoms with Crippen molar-refractivity contribution in [3.8, 4) is 34.3 Å². The molecule has 0 radical (unpaired) electrons. The lowest BCUT2D eigenvalue weighted by molar-refractivity contribution is -0.142. The fraction of sp³-hybridized carbons (Fsp3) is 0.150. The van der Waals surface area contributed by atoms with Gasteiger partial charge in [-0.25, -0.2) is 17.9 Å². The molecule has 30 heavy (non-hydrogen) atoms. The van der Waals surface area contributed by atoms with E-state index in [1.807, 2.05) is 0 Å². The highest BCUT2D eigenvalue weighted by atomic mass is 32.2. The zero-order chi connectivity index (χ0) is 22.3. The predicted molar refractivity (Wildman–Crippen MR) is 103 cm³/mol. The summed E-state index contributed by atoms with van der Waals surface area (Å²) in [7, 11) is -4.29. The molecule has 156 valence electrons. The van der Waals surface area contributed by atoms with Gasteiger partial charge >= 0.3 is 6.18 Å². The number of halogens is 4. The van der Waals surface area contributed by atoms with Gasteiger partial charge in [0.2, 0.25) is 10.0 Å². The lowest BCUT2D eigenvalue weighted by Crippen LogP contribution is -2.13. The number of nitrogens with zero attached hydrogens (tertiary/aromatic N) is 2. The van der Waals surface area contributed by atoms with Gasteiger partial charge in [-0.1, -0.05) is 36.3 Å². The first-order valence-electron chi connectivity index (χ1n) is 8.47. The third-order valence-electron chi connectivity index (χ3n) is 4.28. The van der Waals surface area contributed by atoms with Crippen LogP contribution in [-0.2, 0) is 16.2 Å². The van der Waals surface area contributed by atoms with E-state index in [1.165, 1.54) is 44.2 Å². The number of alkyl halides is 3. The molecule has 0 saturated heterocycles. The molecule has 1 aromatic heterocycles. The highest BCUT2D eigenvalue weighted by Crippen LogP contribution is 2.43. The molecule has 5 nitrogen and oxygen atoms in total. The van der Waals surface area contributed by atoms with E-state index >= 15 is 0 Å². The smallest absolute Gasteiger partial charge is 0.225 e. The topological polar surface area (TPSA) is 78.0 Å². The zero-order valence-corrected chi connectivity index (χ0v) is 16.6. The SMILES string of the molecule is CC#Cn1nc(-c2ccccc2S(N)(=O)=O)c(-c2ccc(C)c(F)c2)c1C(F)(F)F. The highest BCUT2D eigenvalue weighted by Gasteiger charge is 2.41. The van der Waals surface area contributed by atoms with Gasteiger partial charge in [0.15, 0.2) is 5.69 Å². The Morgan fingerprint density at radius 2 is 1.80 bits per heavy atom. The van der Waals surface area contributed by atoms with E-state index in [1.54, 1.807) is 0 Å². The van der Waals surface area contributed by atoms with Crippen molar-refractivity contribution in [2.45, 2.75) is 24.9 Å². The van der Waals surface area contributed by atoms with Crippen LogP contribution in [-0.4, -0.2) is 18.2 Å². The van der Waals surface area contributed by atoms with E-state index in [-0.39, 0.29) is 22.4 Å². The van der Waals surface area contributed by atoms with Crippen LogP contribution in [0.25, 0.3) is 22.4 Å². The second-order valence-corrected chi connectivity index (χ2v) is 7.88. The van der Waals surface area contributed by atoms with Gasteiger partial charge in [-0.15, -0.1) is 0 Å². The second-order valence-electron chi connectivity index (χ2n) is 6.35. The van der Waals surface area contributed by atoms with Crippen molar-refractivity contribution in [2.24, 2.45) is 5.14 Å². The Morgan fingerprint density at radius 3 is 2.37 bits per heavy atom. The van der Waals surface area contributed by atoms with Gasteiger partial charge in [-0.05, 0) is 37.1 Å². The van der Waals surface area contributed by atoms with Gasteiger partial charge in [0.25, 0.3) is 0 Å². The Hall–Kier alpha value is -3.16. The van der Waals surface area contributed by atoms with E-state index in [4.69, 9.17) is 5.14 Å². The molecule has 2 aromatic carbocycles. The van der Waals surface area contributed by atoms with Gasteiger partial charge in [0.05, 0.1) is 4.90 Å². The Morgan fingerprint density at radius 1 is 1.13 bits per heavy atom. The maximum Gasteiger partial charge on any atom is 0.434 e. The Kier molecular flexibility index (Phi) is 5.45. The first kappa shape index (κ1) is 21.5. The van der Waals surface area contributed by atoms with E-state index < -0.39 is 38.2 Å². The summed E-state index contributed by atoms with van der Waals surface area (Å²) in [6, 6.07) is 11.0. The van der Waals surface area contributed by atoms with Crippen molar-refractivity contribution in [1.29, 1.82) is 0 Å². The van der Waals surface area contributed by atoms with Crippen LogP contribution in [0.4, 0.5) is 17.6 Å². The molecule has 0 saturated carbocycles. The molecular formula is C20H15F4N3O2S. The number of nitrogens with two attached hydrogens (primary N) is 1. The maximum absolute atomic E-state index is 14.2. The van der Waals surface area contributed by atoms with E-state index in [9.17, 15) is 26.0 Å². The van der Waals surface area contributed by atoms with Crippen LogP contribution in [0, 0.1) is 24.7 Å². The Labute approximate surface area is 170 Å². The van der Waals surface area contributed by atoms with E-state index in [2.05, 4.69) is 17.1 Å². The summed E-state index contributed by atoms with van der Waals surface area (Å²) in [6.07, 6.45) is -4.91. The van der Waals surface area contributed by atoms with Gasteiger partial charge in [-0.2, -0.15) is 23.0 Å². The number of benzene rings is 2. The molecule has 0 aliphatic carbocycles. The van der Waals surface area contributed by atoms with E-state index in [0.717, 1.165) is 12.1 Å². The average molecular weight is 437 g/mol. The van der Waals surface area contributed by atoms with Crippen molar-refractivity contribution in [3.63, 3.8) is 0 Å². The number of primary sulfonamides is 1. The molecule has 0 atom stereocenters. The van der Waals surface area contributed by atoms with Gasteiger partial charge in [0, 0.05) is 17.2 Å². The van der Waals surface area contributed by atoms with Crippen molar-refractivity contribution < 1.29 is 26.0 Å². The molecule has 0 aliphatic heterocycles. The van der Waals surface area contributed by atoms with Crippen LogP contribution in [0.3, 0.4) is 0 Å². The minimum absolute atomic E-state index is 0.131. The maximum atomic E-state index is 14.2. The van der Waals surface area contributed by atoms with Gasteiger partial charge in [-0.3, -0.25) is 0 Å². The number of aromatic nitrogens is 2. The molecule has 0 amide bonds. The monoisotopic (exact) mass is 437 g/mol. The number of aryl methyl sites for hydroxylation is 1. The quantitative estimate of drug-likeness (QED) is 0.494. The zero-order valence-electron chi connectivity index (χ0n) is 15.7. The summed E-state index contributed by atoms with van der Waals surface area (Å²) >= 11 is 0. The molecular weight excluding hydrogens is 422 g/mol. The fourth-order valence-electron chi connectivity index (χ4n) is 2.99. The molecule has 10 heteroatoms. The highest BCUT2D eigenvalue weighted by molar-refractivity contribution is 7.89. The van der Waals surface area contributed by atoms with Crippen LogP contribution in [0.1, 0.15) is 18.2 Å².